The van der Waals surface area contributed by atoms with Crippen molar-refractivity contribution >= 4 is 17.2 Å². The maximum absolute atomic E-state index is 12.8. The Balaban J connectivity index is 2.02. The van der Waals surface area contributed by atoms with Crippen LogP contribution in [0.25, 0.3) is 5.65 Å². The molecule has 3 rings (SSSR count). The highest BCUT2D eigenvalue weighted by atomic mass is 35.5. The van der Waals surface area contributed by atoms with E-state index in [0.29, 0.717) is 16.6 Å². The van der Waals surface area contributed by atoms with E-state index in [1.54, 1.807) is 12.1 Å². The first-order valence-electron chi connectivity index (χ1n) is 4.81. The van der Waals surface area contributed by atoms with Crippen molar-refractivity contribution in [2.75, 3.05) is 0 Å². The van der Waals surface area contributed by atoms with E-state index in [2.05, 4.69) is 15.3 Å². The number of nitrogens with zero attached hydrogens (tertiary/aromatic N) is 4. The van der Waals surface area contributed by atoms with Crippen molar-refractivity contribution < 1.29 is 8.78 Å². The van der Waals surface area contributed by atoms with E-state index in [1.165, 1.54) is 4.52 Å². The van der Waals surface area contributed by atoms with Gasteiger partial charge in [-0.3, -0.25) is 0 Å². The summed E-state index contributed by atoms with van der Waals surface area (Å²) >= 11 is 5.73. The minimum absolute atomic E-state index is 0.192. The number of hydrogen-bond donors (Lipinski definition) is 0. The maximum Gasteiger partial charge on any atom is 0.249 e. The van der Waals surface area contributed by atoms with Gasteiger partial charge in [0.25, 0.3) is 0 Å². The molecular weight excluding hydrogens is 238 g/mol. The van der Waals surface area contributed by atoms with E-state index in [0.717, 1.165) is 0 Å². The van der Waals surface area contributed by atoms with Crippen LogP contribution in [-0.2, 0) is 0 Å². The Morgan fingerprint density at radius 1 is 1.31 bits per heavy atom. The molecule has 2 heterocycles. The molecule has 0 unspecified atom stereocenters. The molecule has 0 aliphatic heterocycles. The predicted octanol–water partition coefficient (Wildman–Crippen LogP) is 2.29. The van der Waals surface area contributed by atoms with E-state index in [-0.39, 0.29) is 18.8 Å². The molecule has 0 N–H and O–H groups in total. The fraction of sp³-hybridized carbons (Fsp3) is 0.444. The zero-order valence-corrected chi connectivity index (χ0v) is 8.82. The van der Waals surface area contributed by atoms with E-state index in [4.69, 9.17) is 11.6 Å². The Labute approximate surface area is 94.2 Å². The zero-order valence-electron chi connectivity index (χ0n) is 8.07. The van der Waals surface area contributed by atoms with Gasteiger partial charge in [0.15, 0.2) is 11.5 Å². The molecular formula is C9H7ClF2N4. The highest BCUT2D eigenvalue weighted by molar-refractivity contribution is 6.29. The third-order valence-corrected chi connectivity index (χ3v) is 2.91. The minimum atomic E-state index is -2.57. The van der Waals surface area contributed by atoms with Crippen molar-refractivity contribution in [2.45, 2.75) is 24.7 Å². The molecule has 0 amide bonds. The number of rotatable bonds is 1. The number of aromatic nitrogens is 4. The molecule has 0 radical (unpaired) electrons. The lowest BCUT2D eigenvalue weighted by Crippen LogP contribution is -2.34. The fourth-order valence-electron chi connectivity index (χ4n) is 1.88. The van der Waals surface area contributed by atoms with Crippen molar-refractivity contribution in [3.05, 3.63) is 23.1 Å². The summed E-state index contributed by atoms with van der Waals surface area (Å²) in [6.45, 7) is 0. The predicted molar refractivity (Wildman–Crippen MR) is 52.7 cm³/mol. The van der Waals surface area contributed by atoms with Gasteiger partial charge in [-0.2, -0.15) is 9.61 Å². The van der Waals surface area contributed by atoms with Gasteiger partial charge in [-0.1, -0.05) is 11.6 Å². The average molecular weight is 245 g/mol. The molecule has 0 spiro atoms. The average Bonchev–Trinajstić information content (AvgIpc) is 2.56. The third-order valence-electron chi connectivity index (χ3n) is 2.71. The van der Waals surface area contributed by atoms with E-state index >= 15 is 0 Å². The van der Waals surface area contributed by atoms with Gasteiger partial charge < -0.3 is 0 Å². The molecule has 0 atom stereocenters. The summed E-state index contributed by atoms with van der Waals surface area (Å²) in [5.41, 5.74) is 0.523. The lowest BCUT2D eigenvalue weighted by molar-refractivity contribution is -0.0888. The number of halogens is 3. The first-order chi connectivity index (χ1) is 7.55. The molecule has 7 heteroatoms. The van der Waals surface area contributed by atoms with Crippen LogP contribution in [0.5, 0.6) is 0 Å². The Morgan fingerprint density at radius 2 is 2.06 bits per heavy atom. The Hall–Kier alpha value is -1.30. The quantitative estimate of drug-likeness (QED) is 0.773. The van der Waals surface area contributed by atoms with Crippen LogP contribution in [0.3, 0.4) is 0 Å². The number of fused-ring (bicyclic) bond motifs is 1. The van der Waals surface area contributed by atoms with Crippen molar-refractivity contribution in [2.24, 2.45) is 0 Å². The van der Waals surface area contributed by atoms with Gasteiger partial charge in [-0.05, 0) is 12.1 Å². The van der Waals surface area contributed by atoms with Gasteiger partial charge in [0.1, 0.15) is 5.15 Å². The fourth-order valence-corrected chi connectivity index (χ4v) is 2.02. The van der Waals surface area contributed by atoms with Crippen LogP contribution in [0.2, 0.25) is 5.15 Å². The Bertz CT molecular complexity index is 545. The second-order valence-corrected chi connectivity index (χ2v) is 4.33. The van der Waals surface area contributed by atoms with Crippen LogP contribution in [0.1, 0.15) is 24.6 Å². The van der Waals surface area contributed by atoms with Gasteiger partial charge in [0.2, 0.25) is 5.92 Å². The molecule has 16 heavy (non-hydrogen) atoms. The van der Waals surface area contributed by atoms with Crippen molar-refractivity contribution in [1.82, 2.24) is 19.8 Å². The highest BCUT2D eigenvalue weighted by Gasteiger charge is 2.48. The molecule has 1 saturated carbocycles. The summed E-state index contributed by atoms with van der Waals surface area (Å²) in [6, 6.07) is 3.24. The molecule has 1 aliphatic rings. The van der Waals surface area contributed by atoms with E-state index in [9.17, 15) is 8.78 Å². The SMILES string of the molecule is FC1(F)CC(c2nnc3ccc(Cl)nn23)C1. The van der Waals surface area contributed by atoms with Crippen molar-refractivity contribution in [3.8, 4) is 0 Å². The Kier molecular flexibility index (Phi) is 1.92. The second-order valence-electron chi connectivity index (χ2n) is 3.95. The van der Waals surface area contributed by atoms with E-state index in [1.807, 2.05) is 0 Å². The molecule has 1 aliphatic carbocycles. The first kappa shape index (κ1) is 9.89. The summed E-state index contributed by atoms with van der Waals surface area (Å²) in [4.78, 5) is 0. The molecule has 1 fully saturated rings. The van der Waals surface area contributed by atoms with Gasteiger partial charge >= 0.3 is 0 Å². The molecule has 0 aromatic carbocycles. The first-order valence-corrected chi connectivity index (χ1v) is 5.19. The normalized spacial score (nSPS) is 19.9. The number of hydrogen-bond acceptors (Lipinski definition) is 3. The van der Waals surface area contributed by atoms with Crippen LogP contribution >= 0.6 is 11.6 Å². The van der Waals surface area contributed by atoms with Gasteiger partial charge in [-0.15, -0.1) is 10.2 Å². The lowest BCUT2D eigenvalue weighted by atomic mass is 9.81. The lowest BCUT2D eigenvalue weighted by Gasteiger charge is -2.33. The zero-order chi connectivity index (χ0) is 11.3. The van der Waals surface area contributed by atoms with Crippen molar-refractivity contribution in [3.63, 3.8) is 0 Å². The standard InChI is InChI=1S/C9H7ClF2N4/c10-6-1-2-7-13-14-8(16(7)15-6)5-3-9(11,12)4-5/h1-2,5H,3-4H2. The van der Waals surface area contributed by atoms with Crippen molar-refractivity contribution in [1.29, 1.82) is 0 Å². The summed E-state index contributed by atoms with van der Waals surface area (Å²) in [5.74, 6) is -2.39. The largest absolute Gasteiger partial charge is 0.249 e. The molecule has 0 bridgehead atoms. The smallest absolute Gasteiger partial charge is 0.207 e. The van der Waals surface area contributed by atoms with Crippen LogP contribution in [0.15, 0.2) is 12.1 Å². The molecule has 4 nitrogen and oxygen atoms in total. The topological polar surface area (TPSA) is 43.1 Å². The van der Waals surface area contributed by atoms with Crippen LogP contribution in [-0.4, -0.2) is 25.7 Å². The summed E-state index contributed by atoms with van der Waals surface area (Å²) in [5, 5.41) is 12.0. The van der Waals surface area contributed by atoms with E-state index < -0.39 is 5.92 Å². The Morgan fingerprint density at radius 3 is 2.75 bits per heavy atom. The van der Waals surface area contributed by atoms with Gasteiger partial charge in [-0.25, -0.2) is 8.78 Å². The maximum atomic E-state index is 12.8. The van der Waals surface area contributed by atoms with Gasteiger partial charge in [0, 0.05) is 18.8 Å². The molecule has 2 aromatic rings. The summed E-state index contributed by atoms with van der Waals surface area (Å²) < 4.78 is 26.9. The second kappa shape index (κ2) is 3.10. The minimum Gasteiger partial charge on any atom is -0.207 e. The summed E-state index contributed by atoms with van der Waals surface area (Å²) in [6.07, 6.45) is -0.385. The highest BCUT2D eigenvalue weighted by Crippen LogP contribution is 2.47. The molecule has 2 aromatic heterocycles. The molecule has 0 saturated heterocycles. The molecule has 84 valence electrons. The third kappa shape index (κ3) is 1.44. The van der Waals surface area contributed by atoms with Crippen LogP contribution < -0.4 is 0 Å². The monoisotopic (exact) mass is 244 g/mol. The summed E-state index contributed by atoms with van der Waals surface area (Å²) in [7, 11) is 0. The number of alkyl halides is 2. The van der Waals surface area contributed by atoms with Crippen LogP contribution in [0.4, 0.5) is 8.78 Å². The van der Waals surface area contributed by atoms with Crippen LogP contribution in [0, 0.1) is 0 Å². The van der Waals surface area contributed by atoms with Gasteiger partial charge in [0.05, 0.1) is 0 Å².